The molecule has 3 rings (SSSR count). The van der Waals surface area contributed by atoms with Gasteiger partial charge in [-0.15, -0.1) is 12.4 Å². The second-order valence-corrected chi connectivity index (χ2v) is 6.80. The Morgan fingerprint density at radius 2 is 1.62 bits per heavy atom. The smallest absolute Gasteiger partial charge is 0.343 e. The van der Waals surface area contributed by atoms with Crippen molar-refractivity contribution in [2.75, 3.05) is 20.1 Å². The average Bonchev–Trinajstić information content (AvgIpc) is 2.65. The minimum Gasteiger partial charge on any atom is -0.460 e. The number of hydrogen-bond donors (Lipinski definition) is 1. The van der Waals surface area contributed by atoms with Gasteiger partial charge in [-0.3, -0.25) is 0 Å². The molecule has 1 heterocycles. The van der Waals surface area contributed by atoms with Gasteiger partial charge in [-0.2, -0.15) is 0 Å². The van der Waals surface area contributed by atoms with Gasteiger partial charge in [0.2, 0.25) is 0 Å². The maximum atomic E-state index is 12.9. The third-order valence-corrected chi connectivity index (χ3v) is 4.83. The quantitative estimate of drug-likeness (QED) is 0.815. The maximum Gasteiger partial charge on any atom is 0.343 e. The number of benzene rings is 2. The summed E-state index contributed by atoms with van der Waals surface area (Å²) in [5.41, 5.74) is -0.211. The highest BCUT2D eigenvalue weighted by Gasteiger charge is 2.41. The lowest BCUT2D eigenvalue weighted by atomic mass is 9.87. The first-order valence-corrected chi connectivity index (χ1v) is 8.79. The Bertz CT molecular complexity index is 687. The van der Waals surface area contributed by atoms with E-state index in [0.717, 1.165) is 31.5 Å². The van der Waals surface area contributed by atoms with Crippen molar-refractivity contribution < 1.29 is 14.6 Å². The van der Waals surface area contributed by atoms with Crippen molar-refractivity contribution in [2.45, 2.75) is 31.0 Å². The minimum atomic E-state index is -1.67. The van der Waals surface area contributed by atoms with Crippen molar-refractivity contribution >= 4 is 18.4 Å². The minimum absolute atomic E-state index is 0. The highest BCUT2D eigenvalue weighted by molar-refractivity contribution is 5.85. The summed E-state index contributed by atoms with van der Waals surface area (Å²) in [6, 6.07) is 18.6. The van der Waals surface area contributed by atoms with Gasteiger partial charge in [-0.25, -0.2) is 4.79 Å². The Hall–Kier alpha value is -1.88. The topological polar surface area (TPSA) is 49.8 Å². The van der Waals surface area contributed by atoms with Crippen LogP contribution in [0.4, 0.5) is 0 Å². The number of hydrogen-bond acceptors (Lipinski definition) is 4. The van der Waals surface area contributed by atoms with Gasteiger partial charge in [0.25, 0.3) is 0 Å². The fourth-order valence-corrected chi connectivity index (χ4v) is 3.25. The van der Waals surface area contributed by atoms with Crippen LogP contribution in [0.1, 0.15) is 24.0 Å². The lowest BCUT2D eigenvalue weighted by Crippen LogP contribution is -2.43. The van der Waals surface area contributed by atoms with Crippen molar-refractivity contribution in [2.24, 2.45) is 0 Å². The molecule has 0 spiro atoms. The third kappa shape index (κ3) is 4.85. The van der Waals surface area contributed by atoms with Crippen LogP contribution in [0, 0.1) is 0 Å². The van der Waals surface area contributed by atoms with Crippen molar-refractivity contribution in [1.29, 1.82) is 0 Å². The zero-order chi connectivity index (χ0) is 17.7. The molecular formula is C21H26ClNO3. The van der Waals surface area contributed by atoms with Crippen molar-refractivity contribution in [3.05, 3.63) is 71.8 Å². The molecular weight excluding hydrogens is 350 g/mol. The Balaban J connectivity index is 0.00000243. The van der Waals surface area contributed by atoms with Crippen LogP contribution in [0.15, 0.2) is 60.7 Å². The van der Waals surface area contributed by atoms with Crippen LogP contribution >= 0.6 is 12.4 Å². The first-order valence-electron chi connectivity index (χ1n) is 8.79. The zero-order valence-electron chi connectivity index (χ0n) is 15.0. The van der Waals surface area contributed by atoms with E-state index in [4.69, 9.17) is 4.74 Å². The van der Waals surface area contributed by atoms with Gasteiger partial charge in [0.15, 0.2) is 5.60 Å². The lowest BCUT2D eigenvalue weighted by Gasteiger charge is -2.32. The van der Waals surface area contributed by atoms with Gasteiger partial charge in [-0.1, -0.05) is 60.7 Å². The molecule has 0 bridgehead atoms. The number of nitrogens with zero attached hydrogens (tertiary/aromatic N) is 1. The predicted octanol–water partition coefficient (Wildman–Crippen LogP) is 3.18. The second-order valence-electron chi connectivity index (χ2n) is 6.80. The van der Waals surface area contributed by atoms with Gasteiger partial charge >= 0.3 is 5.97 Å². The van der Waals surface area contributed by atoms with Gasteiger partial charge in [0, 0.05) is 19.5 Å². The molecule has 1 fully saturated rings. The summed E-state index contributed by atoms with van der Waals surface area (Å²) in [5, 5.41) is 11.3. The van der Waals surface area contributed by atoms with Crippen LogP contribution in [0.3, 0.4) is 0 Å². The Kier molecular flexibility index (Phi) is 7.21. The highest BCUT2D eigenvalue weighted by atomic mass is 35.5. The van der Waals surface area contributed by atoms with Crippen LogP contribution in [-0.4, -0.2) is 42.2 Å². The first kappa shape index (κ1) is 20.4. The summed E-state index contributed by atoms with van der Waals surface area (Å²) in [5.74, 6) is -0.558. The molecule has 1 aliphatic heterocycles. The standard InChI is InChI=1S/C21H25NO3.ClH/c1-22-14-12-19(13-15-22)25-20(23)21(24,18-10-6-3-7-11-18)16-17-8-4-2-5-9-17;/h2-11,19,24H,12-16H2,1H3;1H. The van der Waals surface area contributed by atoms with E-state index in [1.54, 1.807) is 12.1 Å². The van der Waals surface area contributed by atoms with Crippen LogP contribution in [-0.2, 0) is 21.6 Å². The molecule has 26 heavy (non-hydrogen) atoms. The maximum absolute atomic E-state index is 12.9. The van der Waals surface area contributed by atoms with Crippen molar-refractivity contribution in [3.8, 4) is 0 Å². The Labute approximate surface area is 161 Å². The average molecular weight is 376 g/mol. The molecule has 4 nitrogen and oxygen atoms in total. The van der Waals surface area contributed by atoms with E-state index in [1.165, 1.54) is 0 Å². The first-order chi connectivity index (χ1) is 12.1. The fraction of sp³-hybridized carbons (Fsp3) is 0.381. The molecule has 2 aromatic rings. The Morgan fingerprint density at radius 1 is 1.08 bits per heavy atom. The third-order valence-electron chi connectivity index (χ3n) is 4.83. The van der Waals surface area contributed by atoms with E-state index in [0.29, 0.717) is 5.56 Å². The Morgan fingerprint density at radius 3 is 2.19 bits per heavy atom. The van der Waals surface area contributed by atoms with Crippen LogP contribution in [0.2, 0.25) is 0 Å². The monoisotopic (exact) mass is 375 g/mol. The summed E-state index contributed by atoms with van der Waals surface area (Å²) < 4.78 is 5.72. The van der Waals surface area contributed by atoms with Crippen LogP contribution < -0.4 is 0 Å². The number of rotatable bonds is 5. The van der Waals surface area contributed by atoms with Crippen molar-refractivity contribution in [3.63, 3.8) is 0 Å². The largest absolute Gasteiger partial charge is 0.460 e. The zero-order valence-corrected chi connectivity index (χ0v) is 15.8. The number of esters is 1. The number of halogens is 1. The molecule has 2 aromatic carbocycles. The van der Waals surface area contributed by atoms with Crippen LogP contribution in [0.5, 0.6) is 0 Å². The number of piperidine rings is 1. The molecule has 1 atom stereocenters. The van der Waals surface area contributed by atoms with Crippen molar-refractivity contribution in [1.82, 2.24) is 4.90 Å². The molecule has 0 radical (unpaired) electrons. The summed E-state index contributed by atoms with van der Waals surface area (Å²) in [6.45, 7) is 1.81. The van der Waals surface area contributed by atoms with Gasteiger partial charge in [0.1, 0.15) is 6.10 Å². The van der Waals surface area contributed by atoms with Gasteiger partial charge < -0.3 is 14.7 Å². The fourth-order valence-electron chi connectivity index (χ4n) is 3.25. The van der Waals surface area contributed by atoms with E-state index in [-0.39, 0.29) is 24.9 Å². The number of carbonyl (C=O) groups excluding carboxylic acids is 1. The lowest BCUT2D eigenvalue weighted by molar-refractivity contribution is -0.174. The highest BCUT2D eigenvalue weighted by Crippen LogP contribution is 2.29. The molecule has 0 aromatic heterocycles. The molecule has 1 N–H and O–H groups in total. The van der Waals surface area contributed by atoms with E-state index in [2.05, 4.69) is 11.9 Å². The molecule has 1 saturated heterocycles. The molecule has 0 aliphatic carbocycles. The summed E-state index contributed by atoms with van der Waals surface area (Å²) >= 11 is 0. The summed E-state index contributed by atoms with van der Waals surface area (Å²) in [7, 11) is 2.06. The van der Waals surface area contributed by atoms with E-state index >= 15 is 0 Å². The second kappa shape index (κ2) is 9.17. The van der Waals surface area contributed by atoms with Gasteiger partial charge in [0.05, 0.1) is 0 Å². The molecule has 0 amide bonds. The molecule has 5 heteroatoms. The van der Waals surface area contributed by atoms with Gasteiger partial charge in [-0.05, 0) is 31.0 Å². The number of carbonyl (C=O) groups is 1. The molecule has 1 aliphatic rings. The number of aliphatic hydroxyl groups is 1. The predicted molar refractivity (Wildman–Crippen MR) is 104 cm³/mol. The molecule has 0 saturated carbocycles. The normalized spacial score (nSPS) is 17.8. The van der Waals surface area contributed by atoms with E-state index in [1.807, 2.05) is 48.5 Å². The SMILES string of the molecule is CN1CCC(OC(=O)C(O)(Cc2ccccc2)c2ccccc2)CC1.Cl. The van der Waals surface area contributed by atoms with E-state index < -0.39 is 11.6 Å². The number of ether oxygens (including phenoxy) is 1. The number of likely N-dealkylation sites (tertiary alicyclic amines) is 1. The summed E-state index contributed by atoms with van der Waals surface area (Å²) in [4.78, 5) is 15.2. The summed E-state index contributed by atoms with van der Waals surface area (Å²) in [6.07, 6.45) is 1.68. The van der Waals surface area contributed by atoms with E-state index in [9.17, 15) is 9.90 Å². The molecule has 1 unspecified atom stereocenters. The molecule has 140 valence electrons. The van der Waals surface area contributed by atoms with Crippen LogP contribution in [0.25, 0.3) is 0 Å².